The Bertz CT molecular complexity index is 748. The smallest absolute Gasteiger partial charge is 0.255 e. The number of halogens is 1. The molecule has 0 aliphatic rings. The normalized spacial score (nSPS) is 11.5. The molecule has 0 aliphatic carbocycles. The predicted molar refractivity (Wildman–Crippen MR) is 108 cm³/mol. The number of hydrogen-bond donors (Lipinski definition) is 3. The molecular weight excluding hydrogens is 366 g/mol. The van der Waals surface area contributed by atoms with E-state index in [0.717, 1.165) is 12.1 Å². The summed E-state index contributed by atoms with van der Waals surface area (Å²) in [5, 5.41) is 9.38. The van der Waals surface area contributed by atoms with E-state index in [1.807, 2.05) is 12.1 Å². The number of rotatable bonds is 9. The first kappa shape index (κ1) is 20.7. The molecule has 2 aromatic rings. The van der Waals surface area contributed by atoms with Crippen LogP contribution in [0.15, 0.2) is 48.5 Å². The van der Waals surface area contributed by atoms with Crippen LogP contribution < -0.4 is 16.0 Å². The highest BCUT2D eigenvalue weighted by molar-refractivity contribution is 6.30. The number of carbonyl (C=O) groups excluding carboxylic acids is 2. The van der Waals surface area contributed by atoms with Crippen LogP contribution in [0.4, 0.5) is 11.4 Å². The van der Waals surface area contributed by atoms with Crippen LogP contribution in [0.3, 0.4) is 0 Å². The van der Waals surface area contributed by atoms with Crippen molar-refractivity contribution in [2.75, 3.05) is 30.9 Å². The fraction of sp³-hybridized carbons (Fsp3) is 0.300. The average molecular weight is 390 g/mol. The highest BCUT2D eigenvalue weighted by Gasteiger charge is 2.12. The van der Waals surface area contributed by atoms with Crippen molar-refractivity contribution in [1.82, 2.24) is 5.32 Å². The molecule has 2 amide bonds. The van der Waals surface area contributed by atoms with Gasteiger partial charge in [-0.1, -0.05) is 11.6 Å². The Kier molecular flexibility index (Phi) is 8.10. The molecule has 0 fully saturated rings. The van der Waals surface area contributed by atoms with Crippen LogP contribution >= 0.6 is 11.6 Å². The third kappa shape index (κ3) is 6.92. The standard InChI is InChI=1S/C20H24ClN3O3/c1-14(19(25)22-12-3-13-27-2)23-17-8-10-18(11-9-17)24-20(26)15-4-6-16(21)7-5-15/h4-11,14,23H,3,12-13H2,1-2H3,(H,22,25)(H,24,26). The number of carbonyl (C=O) groups is 2. The molecule has 0 saturated heterocycles. The van der Waals surface area contributed by atoms with Gasteiger partial charge in [0, 0.05) is 42.2 Å². The van der Waals surface area contributed by atoms with E-state index in [0.29, 0.717) is 29.4 Å². The quantitative estimate of drug-likeness (QED) is 0.573. The third-order valence-corrected chi connectivity index (χ3v) is 4.10. The number of anilines is 2. The van der Waals surface area contributed by atoms with Crippen molar-refractivity contribution in [2.45, 2.75) is 19.4 Å². The van der Waals surface area contributed by atoms with Gasteiger partial charge in [-0.3, -0.25) is 9.59 Å². The topological polar surface area (TPSA) is 79.5 Å². The molecule has 2 aromatic carbocycles. The molecule has 3 N–H and O–H groups in total. The van der Waals surface area contributed by atoms with Gasteiger partial charge in [-0.25, -0.2) is 0 Å². The lowest BCUT2D eigenvalue weighted by Gasteiger charge is -2.15. The Labute approximate surface area is 164 Å². The van der Waals surface area contributed by atoms with Gasteiger partial charge in [0.25, 0.3) is 5.91 Å². The molecule has 0 heterocycles. The first-order valence-electron chi connectivity index (χ1n) is 8.70. The van der Waals surface area contributed by atoms with Crippen LogP contribution in [0.5, 0.6) is 0 Å². The summed E-state index contributed by atoms with van der Waals surface area (Å²) in [6, 6.07) is 13.5. The number of benzene rings is 2. The van der Waals surface area contributed by atoms with Crippen LogP contribution in [0.2, 0.25) is 5.02 Å². The maximum atomic E-state index is 12.2. The second kappa shape index (κ2) is 10.5. The van der Waals surface area contributed by atoms with Crippen LogP contribution in [-0.2, 0) is 9.53 Å². The van der Waals surface area contributed by atoms with Crippen molar-refractivity contribution in [1.29, 1.82) is 0 Å². The number of nitrogens with one attached hydrogen (secondary N) is 3. The number of amides is 2. The summed E-state index contributed by atoms with van der Waals surface area (Å²) < 4.78 is 4.95. The maximum Gasteiger partial charge on any atom is 0.255 e. The van der Waals surface area contributed by atoms with E-state index >= 15 is 0 Å². The van der Waals surface area contributed by atoms with E-state index in [1.54, 1.807) is 50.4 Å². The van der Waals surface area contributed by atoms with Crippen LogP contribution in [0, 0.1) is 0 Å². The summed E-state index contributed by atoms with van der Waals surface area (Å²) in [6.45, 7) is 2.99. The Morgan fingerprint density at radius 3 is 2.30 bits per heavy atom. The van der Waals surface area contributed by atoms with Gasteiger partial charge in [0.15, 0.2) is 0 Å². The molecule has 2 rings (SSSR count). The zero-order valence-corrected chi connectivity index (χ0v) is 16.2. The summed E-state index contributed by atoms with van der Waals surface area (Å²) in [4.78, 5) is 24.2. The number of methoxy groups -OCH3 is 1. The zero-order valence-electron chi connectivity index (χ0n) is 15.4. The molecule has 7 heteroatoms. The second-order valence-corrected chi connectivity index (χ2v) is 6.48. The Hall–Kier alpha value is -2.57. The molecule has 1 atom stereocenters. The fourth-order valence-corrected chi connectivity index (χ4v) is 2.48. The van der Waals surface area contributed by atoms with Crippen molar-refractivity contribution in [3.63, 3.8) is 0 Å². The molecular formula is C20H24ClN3O3. The number of ether oxygens (including phenoxy) is 1. The lowest BCUT2D eigenvalue weighted by atomic mass is 10.2. The first-order chi connectivity index (χ1) is 13.0. The van der Waals surface area contributed by atoms with Crippen molar-refractivity contribution in [2.24, 2.45) is 0 Å². The van der Waals surface area contributed by atoms with Gasteiger partial charge < -0.3 is 20.7 Å². The molecule has 0 aromatic heterocycles. The minimum atomic E-state index is -0.373. The Morgan fingerprint density at radius 1 is 1.04 bits per heavy atom. The molecule has 0 bridgehead atoms. The second-order valence-electron chi connectivity index (χ2n) is 6.04. The molecule has 1 unspecified atom stereocenters. The van der Waals surface area contributed by atoms with Crippen molar-refractivity contribution in [3.05, 3.63) is 59.1 Å². The molecule has 144 valence electrons. The molecule has 0 aliphatic heterocycles. The molecule has 27 heavy (non-hydrogen) atoms. The Morgan fingerprint density at radius 2 is 1.67 bits per heavy atom. The minimum absolute atomic E-state index is 0.0776. The van der Waals surface area contributed by atoms with E-state index in [-0.39, 0.29) is 17.9 Å². The van der Waals surface area contributed by atoms with Crippen LogP contribution in [-0.4, -0.2) is 38.1 Å². The van der Waals surface area contributed by atoms with Gasteiger partial charge in [0.05, 0.1) is 0 Å². The summed E-state index contributed by atoms with van der Waals surface area (Å²) >= 11 is 5.83. The minimum Gasteiger partial charge on any atom is -0.385 e. The van der Waals surface area contributed by atoms with Crippen LogP contribution in [0.25, 0.3) is 0 Å². The van der Waals surface area contributed by atoms with Gasteiger partial charge >= 0.3 is 0 Å². The van der Waals surface area contributed by atoms with Gasteiger partial charge in [0.2, 0.25) is 5.91 Å². The highest BCUT2D eigenvalue weighted by atomic mass is 35.5. The average Bonchev–Trinajstić information content (AvgIpc) is 2.67. The van der Waals surface area contributed by atoms with E-state index in [4.69, 9.17) is 16.3 Å². The SMILES string of the molecule is COCCCNC(=O)C(C)Nc1ccc(NC(=O)c2ccc(Cl)cc2)cc1. The molecule has 0 saturated carbocycles. The molecule has 0 spiro atoms. The zero-order chi connectivity index (χ0) is 19.6. The van der Waals surface area contributed by atoms with Crippen molar-refractivity contribution >= 4 is 34.8 Å². The van der Waals surface area contributed by atoms with Crippen molar-refractivity contribution < 1.29 is 14.3 Å². The van der Waals surface area contributed by atoms with Crippen LogP contribution in [0.1, 0.15) is 23.7 Å². The van der Waals surface area contributed by atoms with E-state index in [2.05, 4.69) is 16.0 Å². The summed E-state index contributed by atoms with van der Waals surface area (Å²) in [5.41, 5.74) is 1.98. The number of hydrogen-bond acceptors (Lipinski definition) is 4. The van der Waals surface area contributed by atoms with Crippen molar-refractivity contribution in [3.8, 4) is 0 Å². The van der Waals surface area contributed by atoms with Gasteiger partial charge in [-0.05, 0) is 61.9 Å². The van der Waals surface area contributed by atoms with E-state index in [9.17, 15) is 9.59 Å². The summed E-state index contributed by atoms with van der Waals surface area (Å²) in [6.07, 6.45) is 0.775. The predicted octanol–water partition coefficient (Wildman–Crippen LogP) is 3.55. The highest BCUT2D eigenvalue weighted by Crippen LogP contribution is 2.16. The van der Waals surface area contributed by atoms with E-state index in [1.165, 1.54) is 0 Å². The third-order valence-electron chi connectivity index (χ3n) is 3.85. The monoisotopic (exact) mass is 389 g/mol. The molecule has 0 radical (unpaired) electrons. The van der Waals surface area contributed by atoms with E-state index < -0.39 is 0 Å². The molecule has 6 nitrogen and oxygen atoms in total. The lowest BCUT2D eigenvalue weighted by molar-refractivity contribution is -0.121. The largest absolute Gasteiger partial charge is 0.385 e. The fourth-order valence-electron chi connectivity index (χ4n) is 2.35. The summed E-state index contributed by atoms with van der Waals surface area (Å²) in [5.74, 6) is -0.289. The maximum absolute atomic E-state index is 12.2. The van der Waals surface area contributed by atoms with Gasteiger partial charge in [-0.15, -0.1) is 0 Å². The van der Waals surface area contributed by atoms with Gasteiger partial charge in [-0.2, -0.15) is 0 Å². The summed E-state index contributed by atoms with van der Waals surface area (Å²) in [7, 11) is 1.63. The first-order valence-corrected chi connectivity index (χ1v) is 9.07. The lowest BCUT2D eigenvalue weighted by Crippen LogP contribution is -2.38. The Balaban J connectivity index is 1.84. The van der Waals surface area contributed by atoms with Gasteiger partial charge in [0.1, 0.15) is 6.04 Å².